The van der Waals surface area contributed by atoms with Crippen LogP contribution in [-0.2, 0) is 6.54 Å². The molecule has 0 aliphatic heterocycles. The van der Waals surface area contributed by atoms with Crippen molar-refractivity contribution in [2.45, 2.75) is 6.54 Å². The zero-order chi connectivity index (χ0) is 19.3. The van der Waals surface area contributed by atoms with E-state index in [0.29, 0.717) is 17.1 Å². The number of nitrogens with one attached hydrogen (secondary N) is 1. The van der Waals surface area contributed by atoms with Crippen LogP contribution in [-0.4, -0.2) is 10.9 Å². The van der Waals surface area contributed by atoms with E-state index in [1.54, 1.807) is 35.6 Å². The first-order chi connectivity index (χ1) is 13.7. The van der Waals surface area contributed by atoms with E-state index in [1.165, 1.54) is 0 Å². The van der Waals surface area contributed by atoms with Gasteiger partial charge in [-0.1, -0.05) is 66.2 Å². The van der Waals surface area contributed by atoms with Crippen LogP contribution < -0.4 is 5.32 Å². The van der Waals surface area contributed by atoms with Crippen LogP contribution in [0, 0.1) is 0 Å². The predicted molar refractivity (Wildman–Crippen MR) is 116 cm³/mol. The van der Waals surface area contributed by atoms with Crippen molar-refractivity contribution in [1.29, 1.82) is 0 Å². The van der Waals surface area contributed by atoms with Crippen molar-refractivity contribution < 1.29 is 4.79 Å². The first-order valence-electron chi connectivity index (χ1n) is 8.83. The Morgan fingerprint density at radius 1 is 0.929 bits per heavy atom. The Labute approximate surface area is 172 Å². The number of hydrogen-bond donors (Lipinski definition) is 1. The quantitative estimate of drug-likeness (QED) is 0.439. The van der Waals surface area contributed by atoms with Gasteiger partial charge in [0.2, 0.25) is 0 Å². The van der Waals surface area contributed by atoms with Gasteiger partial charge in [0, 0.05) is 33.6 Å². The van der Waals surface area contributed by atoms with Gasteiger partial charge in [0.25, 0.3) is 5.91 Å². The summed E-state index contributed by atoms with van der Waals surface area (Å²) in [6, 6.07) is 25.1. The molecule has 0 aliphatic rings. The number of hydrogen-bond acceptors (Lipinski definition) is 3. The van der Waals surface area contributed by atoms with Gasteiger partial charge in [-0.05, 0) is 29.8 Å². The summed E-state index contributed by atoms with van der Waals surface area (Å²) in [5.41, 5.74) is 4.69. The van der Waals surface area contributed by atoms with Crippen molar-refractivity contribution in [1.82, 2.24) is 10.3 Å². The highest BCUT2D eigenvalue weighted by Gasteiger charge is 2.09. The summed E-state index contributed by atoms with van der Waals surface area (Å²) in [5, 5.41) is 6.51. The Balaban J connectivity index is 1.48. The van der Waals surface area contributed by atoms with Gasteiger partial charge >= 0.3 is 0 Å². The maximum atomic E-state index is 12.3. The molecule has 1 amide bonds. The molecule has 0 unspecified atom stereocenters. The van der Waals surface area contributed by atoms with Gasteiger partial charge in [-0.25, -0.2) is 4.98 Å². The molecule has 0 atom stereocenters. The van der Waals surface area contributed by atoms with Gasteiger partial charge in [-0.3, -0.25) is 4.79 Å². The van der Waals surface area contributed by atoms with Crippen molar-refractivity contribution in [3.63, 3.8) is 0 Å². The van der Waals surface area contributed by atoms with Gasteiger partial charge in [0.05, 0.1) is 5.69 Å². The summed E-state index contributed by atoms with van der Waals surface area (Å²) >= 11 is 7.57. The van der Waals surface area contributed by atoms with Crippen molar-refractivity contribution in [3.05, 3.63) is 100 Å². The number of carbonyl (C=O) groups excluding carboxylic acids is 1. The zero-order valence-electron chi connectivity index (χ0n) is 14.9. The van der Waals surface area contributed by atoms with E-state index >= 15 is 0 Å². The number of carbonyl (C=O) groups is 1. The highest BCUT2D eigenvalue weighted by Crippen LogP contribution is 2.29. The molecule has 1 heterocycles. The zero-order valence-corrected chi connectivity index (χ0v) is 16.5. The molecule has 1 N–H and O–H groups in total. The van der Waals surface area contributed by atoms with E-state index in [2.05, 4.69) is 28.9 Å². The van der Waals surface area contributed by atoms with Crippen LogP contribution >= 0.6 is 22.9 Å². The van der Waals surface area contributed by atoms with Crippen LogP contribution in [0.5, 0.6) is 0 Å². The maximum absolute atomic E-state index is 12.3. The molecule has 4 rings (SSSR count). The minimum atomic E-state index is -0.145. The minimum absolute atomic E-state index is 0.145. The fraction of sp³-hybridized carbons (Fsp3) is 0.0435. The molecule has 0 spiro atoms. The first kappa shape index (κ1) is 18.4. The number of rotatable bonds is 5. The standard InChI is InChI=1S/C23H17ClN2OS/c24-20-11-5-9-18(13-20)22(27)25-14-16-6-4-10-19(12-16)23-26-21(15-28-23)17-7-2-1-3-8-17/h1-13,15H,14H2,(H,25,27). The average molecular weight is 405 g/mol. The van der Waals surface area contributed by atoms with Gasteiger partial charge < -0.3 is 5.32 Å². The highest BCUT2D eigenvalue weighted by molar-refractivity contribution is 7.13. The van der Waals surface area contributed by atoms with Gasteiger partial charge in [-0.15, -0.1) is 11.3 Å². The lowest BCUT2D eigenvalue weighted by Crippen LogP contribution is -2.22. The molecular formula is C23H17ClN2OS. The molecule has 0 aliphatic carbocycles. The van der Waals surface area contributed by atoms with Crippen LogP contribution in [0.25, 0.3) is 21.8 Å². The molecular weight excluding hydrogens is 388 g/mol. The van der Waals surface area contributed by atoms with E-state index < -0.39 is 0 Å². The lowest BCUT2D eigenvalue weighted by molar-refractivity contribution is 0.0951. The average Bonchev–Trinajstić information content (AvgIpc) is 3.23. The smallest absolute Gasteiger partial charge is 0.251 e. The van der Waals surface area contributed by atoms with Gasteiger partial charge in [0.15, 0.2) is 0 Å². The fourth-order valence-electron chi connectivity index (χ4n) is 2.88. The minimum Gasteiger partial charge on any atom is -0.348 e. The molecule has 3 aromatic carbocycles. The van der Waals surface area contributed by atoms with Crippen LogP contribution in [0.1, 0.15) is 15.9 Å². The summed E-state index contributed by atoms with van der Waals surface area (Å²) in [7, 11) is 0. The summed E-state index contributed by atoms with van der Waals surface area (Å²) < 4.78 is 0. The lowest BCUT2D eigenvalue weighted by atomic mass is 10.1. The molecule has 0 bridgehead atoms. The second-order valence-corrected chi connectivity index (χ2v) is 7.59. The van der Waals surface area contributed by atoms with E-state index in [4.69, 9.17) is 16.6 Å². The van der Waals surface area contributed by atoms with Crippen LogP contribution in [0.2, 0.25) is 5.02 Å². The number of nitrogens with zero attached hydrogens (tertiary/aromatic N) is 1. The number of thiazole rings is 1. The van der Waals surface area contributed by atoms with Gasteiger partial charge in [0.1, 0.15) is 5.01 Å². The number of benzene rings is 3. The molecule has 28 heavy (non-hydrogen) atoms. The van der Waals surface area contributed by atoms with Crippen LogP contribution in [0.15, 0.2) is 84.2 Å². The second-order valence-electron chi connectivity index (χ2n) is 6.30. The van der Waals surface area contributed by atoms with E-state index in [-0.39, 0.29) is 5.91 Å². The Bertz CT molecular complexity index is 1110. The molecule has 4 aromatic rings. The van der Waals surface area contributed by atoms with E-state index in [9.17, 15) is 4.79 Å². The van der Waals surface area contributed by atoms with Crippen molar-refractivity contribution in [2.24, 2.45) is 0 Å². The summed E-state index contributed by atoms with van der Waals surface area (Å²) in [4.78, 5) is 17.1. The molecule has 5 heteroatoms. The van der Waals surface area contributed by atoms with Crippen molar-refractivity contribution in [2.75, 3.05) is 0 Å². The van der Waals surface area contributed by atoms with Crippen molar-refractivity contribution in [3.8, 4) is 21.8 Å². The van der Waals surface area contributed by atoms with Gasteiger partial charge in [-0.2, -0.15) is 0 Å². The molecule has 0 radical (unpaired) electrons. The first-order valence-corrected chi connectivity index (χ1v) is 10.1. The molecule has 138 valence electrons. The largest absolute Gasteiger partial charge is 0.348 e. The van der Waals surface area contributed by atoms with Crippen LogP contribution in [0.3, 0.4) is 0 Å². The second kappa shape index (κ2) is 8.38. The molecule has 0 saturated carbocycles. The Morgan fingerprint density at radius 3 is 2.54 bits per heavy atom. The fourth-order valence-corrected chi connectivity index (χ4v) is 3.89. The third kappa shape index (κ3) is 4.30. The summed E-state index contributed by atoms with van der Waals surface area (Å²) in [6.07, 6.45) is 0. The Morgan fingerprint density at radius 2 is 1.71 bits per heavy atom. The SMILES string of the molecule is O=C(NCc1cccc(-c2nc(-c3ccccc3)cs2)c1)c1cccc(Cl)c1. The third-order valence-corrected chi connectivity index (χ3v) is 5.41. The summed E-state index contributed by atoms with van der Waals surface area (Å²) in [5.74, 6) is -0.145. The topological polar surface area (TPSA) is 42.0 Å². The number of halogens is 1. The number of amides is 1. The normalized spacial score (nSPS) is 10.6. The van der Waals surface area contributed by atoms with E-state index in [1.807, 2.05) is 36.4 Å². The monoisotopic (exact) mass is 404 g/mol. The molecule has 3 nitrogen and oxygen atoms in total. The molecule has 0 saturated heterocycles. The highest BCUT2D eigenvalue weighted by atomic mass is 35.5. The lowest BCUT2D eigenvalue weighted by Gasteiger charge is -2.07. The van der Waals surface area contributed by atoms with Crippen LogP contribution in [0.4, 0.5) is 0 Å². The van der Waals surface area contributed by atoms with E-state index in [0.717, 1.165) is 27.4 Å². The Hall–Kier alpha value is -2.95. The van der Waals surface area contributed by atoms with Crippen molar-refractivity contribution >= 4 is 28.8 Å². The molecule has 0 fully saturated rings. The number of aromatic nitrogens is 1. The maximum Gasteiger partial charge on any atom is 0.251 e. The summed E-state index contributed by atoms with van der Waals surface area (Å²) in [6.45, 7) is 0.441. The predicted octanol–water partition coefficient (Wildman–Crippen LogP) is 6.06. The molecule has 1 aromatic heterocycles. The Kier molecular flexibility index (Phi) is 5.51. The third-order valence-electron chi connectivity index (χ3n) is 4.29.